The van der Waals surface area contributed by atoms with Crippen molar-refractivity contribution in [1.82, 2.24) is 0 Å². The zero-order valence-corrected chi connectivity index (χ0v) is 9.83. The molecule has 88 valence electrons. The van der Waals surface area contributed by atoms with E-state index in [0.29, 0.717) is 18.6 Å². The smallest absolute Gasteiger partial charge is 0.186 e. The second-order valence-electron chi connectivity index (χ2n) is 4.02. The number of aliphatic hydroxyl groups excluding tert-OH is 1. The summed E-state index contributed by atoms with van der Waals surface area (Å²) in [4.78, 5) is 0.250. The van der Waals surface area contributed by atoms with Crippen molar-refractivity contribution in [2.75, 3.05) is 13.7 Å². The molecular formula is C11H14O4S. The molecule has 0 aromatic heterocycles. The van der Waals surface area contributed by atoms with Gasteiger partial charge in [-0.15, -0.1) is 0 Å². The molecule has 1 aliphatic rings. The molecule has 0 radical (unpaired) electrons. The van der Waals surface area contributed by atoms with Crippen LogP contribution in [0.1, 0.15) is 12.8 Å². The lowest BCUT2D eigenvalue weighted by Crippen LogP contribution is -2.27. The number of hydrogen-bond donors (Lipinski definition) is 1. The Balaban J connectivity index is 2.37. The molecule has 0 unspecified atom stereocenters. The Bertz CT molecular complexity index is 471. The number of rotatable bonds is 4. The SMILES string of the molecule is COc1ccc(S(=O)(=O)C2(CO)CC2)cc1. The van der Waals surface area contributed by atoms with Gasteiger partial charge >= 0.3 is 0 Å². The van der Waals surface area contributed by atoms with Crippen LogP contribution in [0.25, 0.3) is 0 Å². The standard InChI is InChI=1S/C11H14O4S/c1-15-9-2-4-10(5-3-9)16(13,14)11(8-12)6-7-11/h2-5,12H,6-8H2,1H3. The number of benzene rings is 1. The third-order valence-electron chi connectivity index (χ3n) is 3.04. The van der Waals surface area contributed by atoms with Crippen LogP contribution in [0, 0.1) is 0 Å². The molecule has 1 aromatic rings. The Hall–Kier alpha value is -1.07. The molecule has 1 fully saturated rings. The van der Waals surface area contributed by atoms with E-state index in [-0.39, 0.29) is 11.5 Å². The van der Waals surface area contributed by atoms with E-state index in [1.165, 1.54) is 19.2 Å². The topological polar surface area (TPSA) is 63.6 Å². The van der Waals surface area contributed by atoms with E-state index in [9.17, 15) is 8.42 Å². The van der Waals surface area contributed by atoms with E-state index in [2.05, 4.69) is 0 Å². The minimum atomic E-state index is -3.41. The van der Waals surface area contributed by atoms with Crippen LogP contribution in [-0.2, 0) is 9.84 Å². The summed E-state index contributed by atoms with van der Waals surface area (Å²) in [5.74, 6) is 0.618. The van der Waals surface area contributed by atoms with Gasteiger partial charge in [0.25, 0.3) is 0 Å². The van der Waals surface area contributed by atoms with Gasteiger partial charge in [-0.2, -0.15) is 0 Å². The maximum absolute atomic E-state index is 12.1. The predicted molar refractivity (Wildman–Crippen MR) is 59.2 cm³/mol. The summed E-state index contributed by atoms with van der Waals surface area (Å²) in [5.41, 5.74) is 0. The summed E-state index contributed by atoms with van der Waals surface area (Å²) in [7, 11) is -1.88. The number of aliphatic hydroxyl groups is 1. The fraction of sp³-hybridized carbons (Fsp3) is 0.455. The molecule has 16 heavy (non-hydrogen) atoms. The van der Waals surface area contributed by atoms with Crippen molar-refractivity contribution in [3.63, 3.8) is 0 Å². The number of ether oxygens (including phenoxy) is 1. The van der Waals surface area contributed by atoms with Crippen LogP contribution >= 0.6 is 0 Å². The molecule has 1 aromatic carbocycles. The van der Waals surface area contributed by atoms with Gasteiger partial charge in [-0.25, -0.2) is 8.42 Å². The molecule has 0 saturated heterocycles. The first-order valence-corrected chi connectivity index (χ1v) is 6.54. The second-order valence-corrected chi connectivity index (χ2v) is 6.36. The highest BCUT2D eigenvalue weighted by atomic mass is 32.2. The number of sulfone groups is 1. The monoisotopic (exact) mass is 242 g/mol. The van der Waals surface area contributed by atoms with E-state index >= 15 is 0 Å². The first-order chi connectivity index (χ1) is 7.55. The molecule has 1 saturated carbocycles. The summed E-state index contributed by atoms with van der Waals surface area (Å²) in [6.07, 6.45) is 1.08. The molecule has 1 N–H and O–H groups in total. The van der Waals surface area contributed by atoms with Crippen molar-refractivity contribution in [2.24, 2.45) is 0 Å². The molecule has 1 aliphatic carbocycles. The molecule has 0 atom stereocenters. The third-order valence-corrected chi connectivity index (χ3v) is 5.61. The maximum Gasteiger partial charge on any atom is 0.186 e. The Morgan fingerprint density at radius 2 is 1.88 bits per heavy atom. The molecule has 0 heterocycles. The molecule has 0 amide bonds. The fourth-order valence-electron chi connectivity index (χ4n) is 1.66. The summed E-state index contributed by atoms with van der Waals surface area (Å²) in [6, 6.07) is 6.26. The molecule has 0 spiro atoms. The molecule has 2 rings (SSSR count). The highest BCUT2D eigenvalue weighted by Crippen LogP contribution is 2.46. The van der Waals surface area contributed by atoms with E-state index < -0.39 is 14.6 Å². The largest absolute Gasteiger partial charge is 0.497 e. The third kappa shape index (κ3) is 1.60. The Morgan fingerprint density at radius 1 is 1.31 bits per heavy atom. The first kappa shape index (κ1) is 11.4. The molecule has 0 aliphatic heterocycles. The molecule has 0 bridgehead atoms. The van der Waals surface area contributed by atoms with Crippen LogP contribution in [-0.4, -0.2) is 32.0 Å². The van der Waals surface area contributed by atoms with Crippen molar-refractivity contribution in [1.29, 1.82) is 0 Å². The lowest BCUT2D eigenvalue weighted by atomic mass is 10.3. The van der Waals surface area contributed by atoms with Crippen molar-refractivity contribution >= 4 is 9.84 Å². The van der Waals surface area contributed by atoms with Crippen LogP contribution in [0.3, 0.4) is 0 Å². The summed E-state index contributed by atoms with van der Waals surface area (Å²) >= 11 is 0. The Morgan fingerprint density at radius 3 is 2.25 bits per heavy atom. The quantitative estimate of drug-likeness (QED) is 0.855. The van der Waals surface area contributed by atoms with Gasteiger partial charge in [0, 0.05) is 0 Å². The normalized spacial score (nSPS) is 18.1. The lowest BCUT2D eigenvalue weighted by molar-refractivity contribution is 0.283. The van der Waals surface area contributed by atoms with Gasteiger partial charge in [-0.05, 0) is 37.1 Å². The highest BCUT2D eigenvalue weighted by molar-refractivity contribution is 7.93. The molecule has 5 heteroatoms. The van der Waals surface area contributed by atoms with E-state index in [1.54, 1.807) is 12.1 Å². The highest BCUT2D eigenvalue weighted by Gasteiger charge is 2.54. The van der Waals surface area contributed by atoms with Gasteiger partial charge in [0.15, 0.2) is 9.84 Å². The second kappa shape index (κ2) is 3.75. The number of hydrogen-bond acceptors (Lipinski definition) is 4. The first-order valence-electron chi connectivity index (χ1n) is 5.05. The van der Waals surface area contributed by atoms with Crippen molar-refractivity contribution in [3.05, 3.63) is 24.3 Å². The van der Waals surface area contributed by atoms with Crippen LogP contribution in [0.4, 0.5) is 0 Å². The number of methoxy groups -OCH3 is 1. The van der Waals surface area contributed by atoms with Crippen LogP contribution in [0.15, 0.2) is 29.2 Å². The average Bonchev–Trinajstić information content (AvgIpc) is 3.10. The molecule has 4 nitrogen and oxygen atoms in total. The minimum absolute atomic E-state index is 0.250. The van der Waals surface area contributed by atoms with Crippen LogP contribution < -0.4 is 4.74 Å². The van der Waals surface area contributed by atoms with Gasteiger partial charge in [-0.1, -0.05) is 0 Å². The zero-order chi connectivity index (χ0) is 11.8. The van der Waals surface area contributed by atoms with Gasteiger partial charge in [-0.3, -0.25) is 0 Å². The van der Waals surface area contributed by atoms with Crippen LogP contribution in [0.5, 0.6) is 5.75 Å². The average molecular weight is 242 g/mol. The summed E-state index contributed by atoms with van der Waals surface area (Å²) in [5, 5.41) is 9.15. The van der Waals surface area contributed by atoms with Gasteiger partial charge in [0.1, 0.15) is 5.75 Å². The van der Waals surface area contributed by atoms with Gasteiger partial charge in [0.05, 0.1) is 23.4 Å². The maximum atomic E-state index is 12.1. The van der Waals surface area contributed by atoms with Gasteiger partial charge < -0.3 is 9.84 Å². The van der Waals surface area contributed by atoms with Crippen molar-refractivity contribution < 1.29 is 18.3 Å². The van der Waals surface area contributed by atoms with E-state index in [1.807, 2.05) is 0 Å². The van der Waals surface area contributed by atoms with Crippen molar-refractivity contribution in [3.8, 4) is 5.75 Å². The predicted octanol–water partition coefficient (Wildman–Crippen LogP) is 0.994. The minimum Gasteiger partial charge on any atom is -0.497 e. The van der Waals surface area contributed by atoms with Crippen molar-refractivity contribution in [2.45, 2.75) is 22.5 Å². The molecular weight excluding hydrogens is 228 g/mol. The summed E-state index contributed by atoms with van der Waals surface area (Å²) in [6.45, 7) is -0.304. The zero-order valence-electron chi connectivity index (χ0n) is 9.01. The Kier molecular flexibility index (Phi) is 2.67. The summed E-state index contributed by atoms with van der Waals surface area (Å²) < 4.78 is 28.3. The van der Waals surface area contributed by atoms with E-state index in [0.717, 1.165) is 0 Å². The van der Waals surface area contributed by atoms with Crippen LogP contribution in [0.2, 0.25) is 0 Å². The Labute approximate surface area is 94.8 Å². The van der Waals surface area contributed by atoms with E-state index in [4.69, 9.17) is 9.84 Å². The fourth-order valence-corrected chi connectivity index (χ4v) is 3.46. The van der Waals surface area contributed by atoms with Gasteiger partial charge in [0.2, 0.25) is 0 Å². The lowest BCUT2D eigenvalue weighted by Gasteiger charge is -2.13.